The van der Waals surface area contributed by atoms with Crippen molar-refractivity contribution in [2.45, 2.75) is 25.7 Å². The fourth-order valence-corrected chi connectivity index (χ4v) is 4.71. The molecular weight excluding hydrogens is 336 g/mol. The van der Waals surface area contributed by atoms with Gasteiger partial charge in [-0.1, -0.05) is 111 Å². The second kappa shape index (κ2) is 6.80. The lowest BCUT2D eigenvalue weighted by atomic mass is 9.82. The van der Waals surface area contributed by atoms with Gasteiger partial charge >= 0.3 is 0 Å². The van der Waals surface area contributed by atoms with Crippen LogP contribution in [0.4, 0.5) is 0 Å². The van der Waals surface area contributed by atoms with Gasteiger partial charge in [-0.05, 0) is 50.4 Å². The third kappa shape index (κ3) is 2.60. The third-order valence-corrected chi connectivity index (χ3v) is 5.95. The second-order valence-corrected chi connectivity index (χ2v) is 7.94. The quantitative estimate of drug-likeness (QED) is 0.310. The highest BCUT2D eigenvalue weighted by atomic mass is 14.4. The van der Waals surface area contributed by atoms with E-state index >= 15 is 0 Å². The van der Waals surface area contributed by atoms with Crippen LogP contribution in [-0.4, -0.2) is 0 Å². The van der Waals surface area contributed by atoms with Crippen molar-refractivity contribution >= 4 is 0 Å². The first-order valence-electron chi connectivity index (χ1n) is 10.1. The Morgan fingerprint density at radius 3 is 1.96 bits per heavy atom. The number of rotatable bonds is 3. The van der Waals surface area contributed by atoms with Gasteiger partial charge in [0.05, 0.1) is 0 Å². The van der Waals surface area contributed by atoms with Gasteiger partial charge in [-0.3, -0.25) is 0 Å². The molecule has 5 rings (SSSR count). The number of hydrogen-bond donors (Lipinski definition) is 0. The number of benzene rings is 4. The maximum absolute atomic E-state index is 2.34. The molecule has 4 aromatic rings. The Hall–Kier alpha value is -3.12. The molecule has 0 aliphatic heterocycles. The molecule has 0 nitrogen and oxygen atoms in total. The van der Waals surface area contributed by atoms with Crippen LogP contribution in [0.15, 0.2) is 97.1 Å². The minimum Gasteiger partial charge on any atom is -0.0622 e. The topological polar surface area (TPSA) is 0 Å². The summed E-state index contributed by atoms with van der Waals surface area (Å²) in [5.74, 6) is 0.766. The van der Waals surface area contributed by atoms with Gasteiger partial charge in [-0.15, -0.1) is 0 Å². The first-order chi connectivity index (χ1) is 13.8. The number of fused-ring (bicyclic) bond motifs is 3. The molecule has 0 heteroatoms. The Kier molecular flexibility index (Phi) is 4.13. The zero-order valence-corrected chi connectivity index (χ0v) is 16.4. The highest BCUT2D eigenvalue weighted by molar-refractivity contribution is 5.90. The monoisotopic (exact) mass is 360 g/mol. The lowest BCUT2D eigenvalue weighted by Crippen LogP contribution is -2.02. The van der Waals surface area contributed by atoms with E-state index in [0.717, 1.165) is 0 Å². The summed E-state index contributed by atoms with van der Waals surface area (Å²) in [6, 6.07) is 35.4. The van der Waals surface area contributed by atoms with E-state index < -0.39 is 0 Å². The molecular formula is C28H24. The van der Waals surface area contributed by atoms with Gasteiger partial charge < -0.3 is 0 Å². The summed E-state index contributed by atoms with van der Waals surface area (Å²) in [4.78, 5) is 0. The molecule has 0 aromatic heterocycles. The zero-order chi connectivity index (χ0) is 19.1. The van der Waals surface area contributed by atoms with Crippen LogP contribution >= 0.6 is 0 Å². The molecule has 1 unspecified atom stereocenters. The molecule has 136 valence electrons. The molecule has 0 amide bonds. The summed E-state index contributed by atoms with van der Waals surface area (Å²) in [5, 5.41) is 0. The fraction of sp³-hybridized carbons (Fsp3) is 0.143. The molecule has 0 saturated heterocycles. The highest BCUT2D eigenvalue weighted by Crippen LogP contribution is 2.53. The summed E-state index contributed by atoms with van der Waals surface area (Å²) in [7, 11) is 0. The Bertz CT molecular complexity index is 1120. The fourth-order valence-electron chi connectivity index (χ4n) is 4.71. The van der Waals surface area contributed by atoms with E-state index in [1.165, 1.54) is 44.5 Å². The van der Waals surface area contributed by atoms with Crippen LogP contribution in [0.1, 0.15) is 47.9 Å². The van der Waals surface area contributed by atoms with Gasteiger partial charge in [-0.25, -0.2) is 0 Å². The summed E-state index contributed by atoms with van der Waals surface area (Å²) >= 11 is 0. The average Bonchev–Trinajstić information content (AvgIpc) is 3.09. The molecule has 28 heavy (non-hydrogen) atoms. The summed E-state index contributed by atoms with van der Waals surface area (Å²) in [6.45, 7) is 4.60. The minimum absolute atomic E-state index is 0.279. The Balaban J connectivity index is 1.88. The molecule has 1 aliphatic carbocycles. The molecule has 0 heterocycles. The molecule has 0 saturated carbocycles. The summed E-state index contributed by atoms with van der Waals surface area (Å²) < 4.78 is 0. The van der Waals surface area contributed by atoms with E-state index in [4.69, 9.17) is 0 Å². The highest BCUT2D eigenvalue weighted by Gasteiger charge is 2.34. The maximum atomic E-state index is 2.34. The zero-order valence-electron chi connectivity index (χ0n) is 16.4. The molecule has 1 aliphatic rings. The average molecular weight is 361 g/mol. The predicted molar refractivity (Wildman–Crippen MR) is 119 cm³/mol. The van der Waals surface area contributed by atoms with Crippen LogP contribution in [0.2, 0.25) is 0 Å². The van der Waals surface area contributed by atoms with Crippen LogP contribution in [0, 0.1) is 0 Å². The van der Waals surface area contributed by atoms with Crippen LogP contribution in [0.3, 0.4) is 0 Å². The Labute approximate surface area is 167 Å². The molecule has 0 radical (unpaired) electrons. The van der Waals surface area contributed by atoms with Crippen molar-refractivity contribution < 1.29 is 0 Å². The minimum atomic E-state index is 0.279. The lowest BCUT2D eigenvalue weighted by Gasteiger charge is -2.21. The standard InChI is InChI=1S/C28H24/c1-19(2)22-17-18-23(20-11-5-3-6-12-20)28-26(21-13-7-4-8-14-21)24-15-9-10-16-25(24)27(22)28/h3-19,26H,1-2H3. The molecule has 0 N–H and O–H groups in total. The van der Waals surface area contributed by atoms with Crippen molar-refractivity contribution in [3.05, 3.63) is 119 Å². The first-order valence-corrected chi connectivity index (χ1v) is 10.1. The van der Waals surface area contributed by atoms with Gasteiger partial charge in [0.25, 0.3) is 0 Å². The summed E-state index contributed by atoms with van der Waals surface area (Å²) in [5.41, 5.74) is 11.2. The molecule has 0 spiro atoms. The van der Waals surface area contributed by atoms with Crippen molar-refractivity contribution in [2.75, 3.05) is 0 Å². The second-order valence-electron chi connectivity index (χ2n) is 7.94. The third-order valence-electron chi connectivity index (χ3n) is 5.95. The van der Waals surface area contributed by atoms with E-state index in [-0.39, 0.29) is 5.92 Å². The van der Waals surface area contributed by atoms with Gasteiger partial charge in [-0.2, -0.15) is 0 Å². The van der Waals surface area contributed by atoms with Crippen LogP contribution in [-0.2, 0) is 0 Å². The van der Waals surface area contributed by atoms with E-state index in [9.17, 15) is 0 Å². The Morgan fingerprint density at radius 1 is 0.607 bits per heavy atom. The van der Waals surface area contributed by atoms with Crippen molar-refractivity contribution in [1.29, 1.82) is 0 Å². The molecule has 1 atom stereocenters. The van der Waals surface area contributed by atoms with Crippen LogP contribution in [0.5, 0.6) is 0 Å². The van der Waals surface area contributed by atoms with Crippen molar-refractivity contribution in [3.63, 3.8) is 0 Å². The molecule has 0 bridgehead atoms. The van der Waals surface area contributed by atoms with Crippen molar-refractivity contribution in [1.82, 2.24) is 0 Å². The smallest absolute Gasteiger partial charge is 0.0358 e. The van der Waals surface area contributed by atoms with E-state index in [0.29, 0.717) is 5.92 Å². The largest absolute Gasteiger partial charge is 0.0622 e. The predicted octanol–water partition coefficient (Wildman–Crippen LogP) is 7.64. The molecule has 4 aromatic carbocycles. The summed E-state index contributed by atoms with van der Waals surface area (Å²) in [6.07, 6.45) is 0. The van der Waals surface area contributed by atoms with Crippen molar-refractivity contribution in [2.24, 2.45) is 0 Å². The lowest BCUT2D eigenvalue weighted by molar-refractivity contribution is 0.867. The van der Waals surface area contributed by atoms with Gasteiger partial charge in [0, 0.05) is 5.92 Å². The van der Waals surface area contributed by atoms with Gasteiger partial charge in [0.1, 0.15) is 0 Å². The number of hydrogen-bond acceptors (Lipinski definition) is 0. The Morgan fingerprint density at radius 2 is 1.25 bits per heavy atom. The van der Waals surface area contributed by atoms with Crippen LogP contribution in [0.25, 0.3) is 22.3 Å². The SMILES string of the molecule is CC(C)c1ccc(-c2ccccc2)c2c1-c1ccccc1C2c1ccccc1. The normalized spacial score (nSPS) is 14.8. The van der Waals surface area contributed by atoms with E-state index in [1.807, 2.05) is 0 Å². The maximum Gasteiger partial charge on any atom is 0.0358 e. The van der Waals surface area contributed by atoms with E-state index in [2.05, 4.69) is 111 Å². The van der Waals surface area contributed by atoms with Crippen molar-refractivity contribution in [3.8, 4) is 22.3 Å². The van der Waals surface area contributed by atoms with Crippen LogP contribution < -0.4 is 0 Å². The molecule has 0 fully saturated rings. The van der Waals surface area contributed by atoms with Gasteiger partial charge in [0.2, 0.25) is 0 Å². The van der Waals surface area contributed by atoms with E-state index in [1.54, 1.807) is 0 Å². The first kappa shape index (κ1) is 17.0. The van der Waals surface area contributed by atoms with Gasteiger partial charge in [0.15, 0.2) is 0 Å².